The summed E-state index contributed by atoms with van der Waals surface area (Å²) in [4.78, 5) is 0. The fourth-order valence-corrected chi connectivity index (χ4v) is 4.69. The smallest absolute Gasteiger partial charge is 1.00 e. The van der Waals surface area contributed by atoms with Gasteiger partial charge in [-0.25, -0.2) is 0 Å². The van der Waals surface area contributed by atoms with Gasteiger partial charge < -0.3 is 37.2 Å². The van der Waals surface area contributed by atoms with Gasteiger partial charge in [-0.2, -0.15) is 0 Å². The molecule has 126 valence electrons. The summed E-state index contributed by atoms with van der Waals surface area (Å²) in [5.74, 6) is 0. The molecule has 1 aliphatic carbocycles. The van der Waals surface area contributed by atoms with Gasteiger partial charge >= 0.3 is 137 Å². The molecular weight excluding hydrogens is 399 g/mol. The van der Waals surface area contributed by atoms with E-state index in [1.165, 1.54) is 11.1 Å². The van der Waals surface area contributed by atoms with Crippen LogP contribution >= 0.6 is 0 Å². The van der Waals surface area contributed by atoms with Crippen LogP contribution in [0.2, 0.25) is 23.4 Å². The van der Waals surface area contributed by atoms with Crippen LogP contribution in [-0.4, -0.2) is 8.07 Å². The summed E-state index contributed by atoms with van der Waals surface area (Å²) in [5, 5.41) is 1.58. The first-order chi connectivity index (χ1) is 9.06. The quantitative estimate of drug-likeness (QED) is 0.440. The molecule has 1 aromatic rings. The van der Waals surface area contributed by atoms with Gasteiger partial charge in [-0.3, -0.25) is 0 Å². The van der Waals surface area contributed by atoms with E-state index < -0.39 is 8.07 Å². The van der Waals surface area contributed by atoms with Crippen LogP contribution < -0.4 is 37.2 Å². The summed E-state index contributed by atoms with van der Waals surface area (Å²) < 4.78 is 0.109. The topological polar surface area (TPSA) is 0 Å². The number of rotatable bonds is 3. The van der Waals surface area contributed by atoms with Gasteiger partial charge in [-0.1, -0.05) is 0 Å². The minimum atomic E-state index is -1.23. The van der Waals surface area contributed by atoms with Gasteiger partial charge in [0.1, 0.15) is 0 Å². The Labute approximate surface area is 173 Å². The van der Waals surface area contributed by atoms with E-state index in [4.69, 9.17) is 0 Å². The molecule has 1 atom stereocenters. The van der Waals surface area contributed by atoms with Crippen LogP contribution in [0.15, 0.2) is 47.7 Å². The molecular formula is C18H25Cl3SiTi. The summed E-state index contributed by atoms with van der Waals surface area (Å²) in [7, 11) is -1.23. The number of hydrogen-bond acceptors (Lipinski definition) is 0. The van der Waals surface area contributed by atoms with Crippen molar-refractivity contribution >= 4 is 8.07 Å². The van der Waals surface area contributed by atoms with Crippen molar-refractivity contribution in [1.82, 2.24) is 0 Å². The third-order valence-electron chi connectivity index (χ3n) is 4.58. The molecule has 0 amide bonds. The maximum absolute atomic E-state index is 2.53. The van der Waals surface area contributed by atoms with Crippen LogP contribution in [0.4, 0.5) is 0 Å². The van der Waals surface area contributed by atoms with E-state index in [-0.39, 0.29) is 46.4 Å². The van der Waals surface area contributed by atoms with E-state index in [2.05, 4.69) is 103 Å². The number of halogens is 3. The fraction of sp³-hybridized carbons (Fsp3) is 0.444. The predicted octanol–water partition coefficient (Wildman–Crippen LogP) is -3.64. The predicted molar refractivity (Wildman–Crippen MR) is 87.5 cm³/mol. The zero-order valence-corrected chi connectivity index (χ0v) is 19.5. The minimum absolute atomic E-state index is 0. The largest absolute Gasteiger partial charge is 1.00 e. The third-order valence-corrected chi connectivity index (χ3v) is 8.09. The molecule has 0 saturated heterocycles. The van der Waals surface area contributed by atoms with Gasteiger partial charge in [0, 0.05) is 0 Å². The molecule has 5 heteroatoms. The van der Waals surface area contributed by atoms with E-state index in [0.717, 1.165) is 0 Å². The standard InChI is InChI=1S/C18H25Si.3ClH.Ti/c1-14-7-9-15(10-8-14)18(2,3)16-11-12-17(13-16)19(4,5)6;;;;/h7-13H,1-6H3;3*1H;/q;;;;+3/p-3. The Bertz CT molecular complexity index is 571. The number of allylic oxidation sites excluding steroid dienone is 4. The molecule has 0 aromatic heterocycles. The first kappa shape index (κ1) is 25.7. The van der Waals surface area contributed by atoms with Crippen molar-refractivity contribution in [3.63, 3.8) is 0 Å². The van der Waals surface area contributed by atoms with Crippen molar-refractivity contribution in [3.05, 3.63) is 58.8 Å². The van der Waals surface area contributed by atoms with E-state index in [1.54, 1.807) is 5.20 Å². The second-order valence-corrected chi connectivity index (χ2v) is 13.9. The Balaban J connectivity index is 0. The molecule has 1 aromatic carbocycles. The molecule has 2 rings (SSSR count). The van der Waals surface area contributed by atoms with Crippen molar-refractivity contribution in [3.8, 4) is 0 Å². The SMILES string of the molecule is Cc1ccc(C(C)(C)[C]2([Ti+3])C=CC([Si](C)(C)C)=C2)cc1.[Cl-].[Cl-].[Cl-]. The van der Waals surface area contributed by atoms with Crippen molar-refractivity contribution in [2.45, 2.75) is 49.5 Å². The molecule has 0 aliphatic heterocycles. The second kappa shape index (κ2) is 8.74. The first-order valence-electron chi connectivity index (χ1n) is 7.31. The second-order valence-electron chi connectivity index (χ2n) is 7.54. The van der Waals surface area contributed by atoms with Crippen molar-refractivity contribution in [1.29, 1.82) is 0 Å². The molecule has 23 heavy (non-hydrogen) atoms. The van der Waals surface area contributed by atoms with E-state index >= 15 is 0 Å². The Morgan fingerprint density at radius 2 is 1.43 bits per heavy atom. The Kier molecular flexibility index (Phi) is 9.78. The fourth-order valence-electron chi connectivity index (χ4n) is 2.63. The van der Waals surface area contributed by atoms with Crippen molar-refractivity contribution in [2.75, 3.05) is 0 Å². The van der Waals surface area contributed by atoms with E-state index in [0.29, 0.717) is 0 Å². The van der Waals surface area contributed by atoms with Crippen LogP contribution in [0, 0.1) is 6.92 Å². The summed E-state index contributed by atoms with van der Waals surface area (Å²) in [6.45, 7) is 14.2. The van der Waals surface area contributed by atoms with Crippen LogP contribution in [0.25, 0.3) is 0 Å². The van der Waals surface area contributed by atoms with Gasteiger partial charge in [0.05, 0.1) is 0 Å². The van der Waals surface area contributed by atoms with Crippen LogP contribution in [0.3, 0.4) is 0 Å². The van der Waals surface area contributed by atoms with E-state index in [1.807, 2.05) is 0 Å². The monoisotopic (exact) mass is 422 g/mol. The summed E-state index contributed by atoms with van der Waals surface area (Å²) >= 11 is 2.37. The van der Waals surface area contributed by atoms with Crippen molar-refractivity contribution < 1.29 is 57.7 Å². The molecule has 0 radical (unpaired) electrons. The minimum Gasteiger partial charge on any atom is -1.00 e. The van der Waals surface area contributed by atoms with Gasteiger partial charge in [0.2, 0.25) is 0 Å². The maximum Gasteiger partial charge on any atom is -1.00 e. The van der Waals surface area contributed by atoms with Gasteiger partial charge in [0.25, 0.3) is 0 Å². The average Bonchev–Trinajstić information content (AvgIpc) is 2.74. The van der Waals surface area contributed by atoms with Crippen LogP contribution in [0.1, 0.15) is 25.0 Å². The van der Waals surface area contributed by atoms with Gasteiger partial charge in [-0.05, 0) is 0 Å². The molecule has 0 heterocycles. The normalized spacial score (nSPS) is 20.1. The van der Waals surface area contributed by atoms with Crippen LogP contribution in [-0.2, 0) is 25.9 Å². The van der Waals surface area contributed by atoms with Gasteiger partial charge in [0.15, 0.2) is 0 Å². The molecule has 0 spiro atoms. The molecule has 0 N–H and O–H groups in total. The summed E-state index contributed by atoms with van der Waals surface area (Å²) in [6, 6.07) is 9.02. The molecule has 1 unspecified atom stereocenters. The third kappa shape index (κ3) is 5.24. The van der Waals surface area contributed by atoms with Crippen molar-refractivity contribution in [2.24, 2.45) is 0 Å². The zero-order valence-electron chi connectivity index (χ0n) is 14.7. The number of hydrogen-bond donors (Lipinski definition) is 0. The average molecular weight is 424 g/mol. The Hall–Kier alpha value is 0.501. The summed E-state index contributed by atoms with van der Waals surface area (Å²) in [6.07, 6.45) is 7.32. The zero-order chi connectivity index (χ0) is 15.2. The van der Waals surface area contributed by atoms with Gasteiger partial charge in [-0.15, -0.1) is 0 Å². The molecule has 0 nitrogen and oxygen atoms in total. The van der Waals surface area contributed by atoms with Crippen LogP contribution in [0.5, 0.6) is 0 Å². The Morgan fingerprint density at radius 3 is 1.83 bits per heavy atom. The Morgan fingerprint density at radius 1 is 0.957 bits per heavy atom. The number of aryl methyl sites for hydroxylation is 1. The molecule has 0 fully saturated rings. The van der Waals surface area contributed by atoms with E-state index in [9.17, 15) is 0 Å². The molecule has 0 saturated carbocycles. The molecule has 0 bridgehead atoms. The molecule has 1 aliphatic rings. The first-order valence-corrected chi connectivity index (χ1v) is 11.6. The maximum atomic E-state index is 2.53. The summed E-state index contributed by atoms with van der Waals surface area (Å²) in [5.41, 5.74) is 2.86. The number of benzene rings is 1.